The third-order valence-electron chi connectivity index (χ3n) is 8.22. The lowest BCUT2D eigenvalue weighted by molar-refractivity contribution is -0.127. The molecule has 0 radical (unpaired) electrons. The van der Waals surface area contributed by atoms with E-state index in [1.165, 1.54) is 103 Å². The highest BCUT2D eigenvalue weighted by Gasteiger charge is 2.43. The molecule has 0 aliphatic heterocycles. The summed E-state index contributed by atoms with van der Waals surface area (Å²) in [4.78, 5) is 0. The van der Waals surface area contributed by atoms with Crippen molar-refractivity contribution in [3.63, 3.8) is 0 Å². The number of hydrogen-bond donors (Lipinski definition) is 0. The maximum Gasteiger partial charge on any atom is 0.172 e. The average molecular weight is 611 g/mol. The van der Waals surface area contributed by atoms with Crippen LogP contribution >= 0.6 is 31.4 Å². The van der Waals surface area contributed by atoms with E-state index in [9.17, 15) is 0 Å². The first-order valence-corrected chi connectivity index (χ1v) is 19.6. The molecule has 0 aromatic rings. The van der Waals surface area contributed by atoms with Crippen LogP contribution in [0.15, 0.2) is 0 Å². The fourth-order valence-corrected chi connectivity index (χ4v) is 12.4. The van der Waals surface area contributed by atoms with Crippen LogP contribution in [0.25, 0.3) is 0 Å². The molecule has 0 amide bonds. The van der Waals surface area contributed by atoms with E-state index in [0.29, 0.717) is 0 Å². The lowest BCUT2D eigenvalue weighted by Crippen LogP contribution is -2.42. The van der Waals surface area contributed by atoms with Crippen LogP contribution in [0.2, 0.25) is 0 Å². The highest BCUT2D eigenvalue weighted by molar-refractivity contribution is 9.09. The van der Waals surface area contributed by atoms with Crippen molar-refractivity contribution in [2.75, 3.05) is 28.4 Å². The molecule has 0 saturated carbocycles. The minimum atomic E-state index is -0.213. The van der Waals surface area contributed by atoms with Crippen LogP contribution in [0.4, 0.5) is 0 Å². The Labute approximate surface area is 256 Å². The van der Waals surface area contributed by atoms with Crippen LogP contribution in [0.1, 0.15) is 156 Å². The van der Waals surface area contributed by atoms with E-state index in [1.54, 1.807) is 28.4 Å². The van der Waals surface area contributed by atoms with Gasteiger partial charge in [0.2, 0.25) is 0 Å². The van der Waals surface area contributed by atoms with Gasteiger partial charge in [0.05, 0.1) is 9.49 Å². The first kappa shape index (κ1) is 39.9. The van der Waals surface area contributed by atoms with E-state index in [1.807, 2.05) is 31.4 Å². The Morgan fingerprint density at radius 2 is 0.718 bits per heavy atom. The van der Waals surface area contributed by atoms with Gasteiger partial charge in [-0.3, -0.25) is 0 Å². The standard InChI is InChI=1S/C32H66O4S3/c1-9-13-15-17-19-21-23-25-27-31(11-3,29(33-5)34-6)37-39-38-32(12-4,30(35-7)36-8)28-26-24-22-20-18-16-14-10-2/h29-30H,9-28H2,1-8H3. The third kappa shape index (κ3) is 16.4. The van der Waals surface area contributed by atoms with Gasteiger partial charge in [-0.2, -0.15) is 0 Å². The van der Waals surface area contributed by atoms with Gasteiger partial charge in [0.1, 0.15) is 0 Å². The van der Waals surface area contributed by atoms with Crippen molar-refractivity contribution in [2.24, 2.45) is 0 Å². The lowest BCUT2D eigenvalue weighted by atomic mass is 9.96. The molecule has 39 heavy (non-hydrogen) atoms. The third-order valence-corrected chi connectivity index (χ3v) is 14.0. The van der Waals surface area contributed by atoms with E-state index in [0.717, 1.165) is 25.7 Å². The summed E-state index contributed by atoms with van der Waals surface area (Å²) in [6.07, 6.45) is 25.2. The summed E-state index contributed by atoms with van der Waals surface area (Å²) in [6.45, 7) is 9.14. The van der Waals surface area contributed by atoms with Crippen LogP contribution in [0, 0.1) is 0 Å². The second-order valence-corrected chi connectivity index (χ2v) is 15.9. The highest BCUT2D eigenvalue weighted by Crippen LogP contribution is 2.56. The maximum absolute atomic E-state index is 5.89. The molecule has 2 atom stereocenters. The van der Waals surface area contributed by atoms with E-state index >= 15 is 0 Å². The Balaban J connectivity index is 5.11. The first-order chi connectivity index (χ1) is 19.0. The summed E-state index contributed by atoms with van der Waals surface area (Å²) in [5.74, 6) is 0. The Bertz CT molecular complexity index is 476. The molecule has 0 aliphatic rings. The van der Waals surface area contributed by atoms with Gasteiger partial charge in [-0.25, -0.2) is 0 Å². The fraction of sp³-hybridized carbons (Fsp3) is 1.00. The van der Waals surface area contributed by atoms with E-state index in [2.05, 4.69) is 27.7 Å². The van der Waals surface area contributed by atoms with Crippen LogP contribution in [0.3, 0.4) is 0 Å². The molecule has 4 nitrogen and oxygen atoms in total. The average Bonchev–Trinajstić information content (AvgIpc) is 2.96. The Hall–Kier alpha value is 0.890. The molecule has 0 aromatic heterocycles. The fourth-order valence-electron chi connectivity index (χ4n) is 5.52. The Morgan fingerprint density at radius 3 is 0.974 bits per heavy atom. The van der Waals surface area contributed by atoms with Gasteiger partial charge in [0, 0.05) is 28.4 Å². The number of hydrogen-bond acceptors (Lipinski definition) is 7. The van der Waals surface area contributed by atoms with Crippen LogP contribution < -0.4 is 0 Å². The molecular formula is C32H66O4S3. The van der Waals surface area contributed by atoms with Gasteiger partial charge in [0.15, 0.2) is 12.6 Å². The van der Waals surface area contributed by atoms with Gasteiger partial charge >= 0.3 is 0 Å². The zero-order chi connectivity index (χ0) is 29.2. The molecule has 0 bridgehead atoms. The highest BCUT2D eigenvalue weighted by atomic mass is 33.5. The lowest BCUT2D eigenvalue weighted by Gasteiger charge is -2.40. The molecular weight excluding hydrogens is 545 g/mol. The van der Waals surface area contributed by atoms with Gasteiger partial charge in [-0.05, 0) is 35.5 Å². The van der Waals surface area contributed by atoms with Crippen molar-refractivity contribution >= 4 is 31.4 Å². The zero-order valence-electron chi connectivity index (χ0n) is 27.2. The topological polar surface area (TPSA) is 36.9 Å². The number of unbranched alkanes of at least 4 members (excludes halogenated alkanes) is 14. The van der Waals surface area contributed by atoms with Crippen molar-refractivity contribution in [3.8, 4) is 0 Å². The zero-order valence-corrected chi connectivity index (χ0v) is 29.6. The molecule has 2 unspecified atom stereocenters. The van der Waals surface area contributed by atoms with Crippen molar-refractivity contribution in [1.29, 1.82) is 0 Å². The van der Waals surface area contributed by atoms with Crippen molar-refractivity contribution in [3.05, 3.63) is 0 Å². The normalized spacial score (nSPS) is 15.2. The molecule has 0 spiro atoms. The van der Waals surface area contributed by atoms with Gasteiger partial charge in [0.25, 0.3) is 0 Å². The predicted molar refractivity (Wildman–Crippen MR) is 179 cm³/mol. The monoisotopic (exact) mass is 610 g/mol. The SMILES string of the molecule is CCCCCCCCCCC(CC)(SSSC(CC)(CCCCCCCCCC)C(OC)OC)C(OC)OC. The van der Waals surface area contributed by atoms with Crippen LogP contribution in [-0.2, 0) is 18.9 Å². The summed E-state index contributed by atoms with van der Waals surface area (Å²) in [6, 6.07) is 0. The quantitative estimate of drug-likeness (QED) is 0.0455. The number of ether oxygens (including phenoxy) is 4. The predicted octanol–water partition coefficient (Wildman–Crippen LogP) is 11.6. The first-order valence-electron chi connectivity index (χ1n) is 16.1. The Morgan fingerprint density at radius 1 is 0.436 bits per heavy atom. The Kier molecular flexibility index (Phi) is 27.1. The van der Waals surface area contributed by atoms with E-state index in [-0.39, 0.29) is 22.1 Å². The molecule has 7 heteroatoms. The molecule has 0 aromatic carbocycles. The second kappa shape index (κ2) is 26.5. The van der Waals surface area contributed by atoms with Crippen molar-refractivity contribution < 1.29 is 18.9 Å². The van der Waals surface area contributed by atoms with Crippen molar-refractivity contribution in [1.82, 2.24) is 0 Å². The largest absolute Gasteiger partial charge is 0.354 e. The van der Waals surface area contributed by atoms with E-state index in [4.69, 9.17) is 18.9 Å². The van der Waals surface area contributed by atoms with Crippen LogP contribution in [0.5, 0.6) is 0 Å². The number of rotatable bonds is 30. The summed E-state index contributed by atoms with van der Waals surface area (Å²) >= 11 is 0. The van der Waals surface area contributed by atoms with Crippen LogP contribution in [-0.4, -0.2) is 50.5 Å². The van der Waals surface area contributed by atoms with E-state index < -0.39 is 0 Å². The van der Waals surface area contributed by atoms with Gasteiger partial charge in [-0.1, -0.05) is 152 Å². The van der Waals surface area contributed by atoms with Gasteiger partial charge < -0.3 is 18.9 Å². The second-order valence-electron chi connectivity index (χ2n) is 11.1. The minimum absolute atomic E-state index is 0.0724. The summed E-state index contributed by atoms with van der Waals surface area (Å²) < 4.78 is 23.4. The summed E-state index contributed by atoms with van der Waals surface area (Å²) in [5.41, 5.74) is 0. The molecule has 236 valence electrons. The molecule has 0 N–H and O–H groups in total. The minimum Gasteiger partial charge on any atom is -0.354 e. The molecule has 0 aliphatic carbocycles. The van der Waals surface area contributed by atoms with Gasteiger partial charge in [-0.15, -0.1) is 0 Å². The van der Waals surface area contributed by atoms with Crippen molar-refractivity contribution in [2.45, 2.75) is 178 Å². The summed E-state index contributed by atoms with van der Waals surface area (Å²) in [7, 11) is 13.0. The smallest absolute Gasteiger partial charge is 0.172 e. The molecule has 0 heterocycles. The maximum atomic E-state index is 5.89. The summed E-state index contributed by atoms with van der Waals surface area (Å²) in [5, 5.41) is 0. The number of methoxy groups -OCH3 is 4. The molecule has 0 saturated heterocycles. The molecule has 0 fully saturated rings. The molecule has 0 rings (SSSR count).